The molecule has 5 nitrogen and oxygen atoms in total. The van der Waals surface area contributed by atoms with Gasteiger partial charge in [-0.1, -0.05) is 15.9 Å². The Hall–Kier alpha value is -1.48. The number of piperidine rings is 1. The molecule has 1 heterocycles. The number of benzene rings is 1. The molecule has 0 aliphatic carbocycles. The number of hydrogen-bond acceptors (Lipinski definition) is 4. The maximum absolute atomic E-state index is 12.5. The summed E-state index contributed by atoms with van der Waals surface area (Å²) in [6, 6.07) is 4.35. The second-order valence-corrected chi connectivity index (χ2v) is 8.48. The lowest BCUT2D eigenvalue weighted by atomic mass is 10.0. The Morgan fingerprint density at radius 3 is 2.63 bits per heavy atom. The molecule has 0 bridgehead atoms. The van der Waals surface area contributed by atoms with Crippen LogP contribution in [0.3, 0.4) is 0 Å². The predicted molar refractivity (Wildman–Crippen MR) is 98.5 cm³/mol. The number of hydrogen-bond donors (Lipinski definition) is 1. The molecule has 1 amide bonds. The van der Waals surface area contributed by atoms with Gasteiger partial charge in [0, 0.05) is 23.6 Å². The summed E-state index contributed by atoms with van der Waals surface area (Å²) in [7, 11) is 0. The molecule has 0 spiro atoms. The Balaban J connectivity index is 1.96. The van der Waals surface area contributed by atoms with E-state index in [0.29, 0.717) is 23.1 Å². The second-order valence-electron chi connectivity index (χ2n) is 7.56. The molecule has 1 aliphatic heterocycles. The summed E-state index contributed by atoms with van der Waals surface area (Å²) in [6.07, 6.45) is -3.49. The molecule has 27 heavy (non-hydrogen) atoms. The zero-order chi connectivity index (χ0) is 20.2. The fourth-order valence-electron chi connectivity index (χ4n) is 2.95. The molecule has 1 aromatic carbocycles. The van der Waals surface area contributed by atoms with E-state index in [2.05, 4.69) is 30.9 Å². The summed E-state index contributed by atoms with van der Waals surface area (Å²) in [5.74, 6) is -0.257. The van der Waals surface area contributed by atoms with Crippen molar-refractivity contribution in [2.24, 2.45) is 0 Å². The molecule has 152 valence electrons. The maximum atomic E-state index is 12.5. The van der Waals surface area contributed by atoms with Crippen LogP contribution in [0, 0.1) is 0 Å². The van der Waals surface area contributed by atoms with Gasteiger partial charge in [0.1, 0.15) is 11.4 Å². The van der Waals surface area contributed by atoms with Gasteiger partial charge in [0.05, 0.1) is 0 Å². The van der Waals surface area contributed by atoms with E-state index in [1.807, 2.05) is 0 Å². The van der Waals surface area contributed by atoms with Crippen molar-refractivity contribution in [1.29, 1.82) is 0 Å². The van der Waals surface area contributed by atoms with E-state index >= 15 is 0 Å². The number of alkyl halides is 3. The SMILES string of the molecule is CC(C)(C)OC(=O)NC1CCCN(Cc2cc(Br)cc(OC(F)(F)F)c2)C1. The number of halogens is 4. The average molecular weight is 453 g/mol. The first-order valence-corrected chi connectivity index (χ1v) is 9.46. The summed E-state index contributed by atoms with van der Waals surface area (Å²) < 4.78 is 47.2. The number of carbonyl (C=O) groups is 1. The van der Waals surface area contributed by atoms with E-state index in [-0.39, 0.29) is 11.8 Å². The normalized spacial score (nSPS) is 18.9. The van der Waals surface area contributed by atoms with Crippen molar-refractivity contribution in [3.63, 3.8) is 0 Å². The highest BCUT2D eigenvalue weighted by molar-refractivity contribution is 9.10. The number of nitrogens with one attached hydrogen (secondary N) is 1. The third-order valence-electron chi connectivity index (χ3n) is 3.80. The van der Waals surface area contributed by atoms with Gasteiger partial charge >= 0.3 is 12.5 Å². The zero-order valence-electron chi connectivity index (χ0n) is 15.5. The molecule has 1 fully saturated rings. The van der Waals surface area contributed by atoms with Crippen molar-refractivity contribution >= 4 is 22.0 Å². The number of ether oxygens (including phenoxy) is 2. The fourth-order valence-corrected chi connectivity index (χ4v) is 3.47. The Kier molecular flexibility index (Phi) is 7.02. The van der Waals surface area contributed by atoms with Crippen LogP contribution in [-0.2, 0) is 11.3 Å². The van der Waals surface area contributed by atoms with E-state index in [1.165, 1.54) is 12.1 Å². The quantitative estimate of drug-likeness (QED) is 0.710. The summed E-state index contributed by atoms with van der Waals surface area (Å²) in [6.45, 7) is 7.25. The van der Waals surface area contributed by atoms with Gasteiger partial charge in [-0.05, 0) is 63.9 Å². The second kappa shape index (κ2) is 8.68. The van der Waals surface area contributed by atoms with Crippen LogP contribution in [0.5, 0.6) is 5.75 Å². The molecule has 1 aromatic rings. The Labute approximate surface area is 165 Å². The van der Waals surface area contributed by atoms with Crippen LogP contribution in [0.2, 0.25) is 0 Å². The minimum Gasteiger partial charge on any atom is -0.444 e. The average Bonchev–Trinajstić information content (AvgIpc) is 2.42. The van der Waals surface area contributed by atoms with E-state index in [9.17, 15) is 18.0 Å². The van der Waals surface area contributed by atoms with Gasteiger partial charge in [0.25, 0.3) is 0 Å². The molecule has 1 aliphatic rings. The van der Waals surface area contributed by atoms with E-state index in [4.69, 9.17) is 4.74 Å². The topological polar surface area (TPSA) is 50.8 Å². The van der Waals surface area contributed by atoms with Crippen molar-refractivity contribution in [1.82, 2.24) is 10.2 Å². The number of carbonyl (C=O) groups excluding carboxylic acids is 1. The largest absolute Gasteiger partial charge is 0.573 e. The van der Waals surface area contributed by atoms with Crippen LogP contribution < -0.4 is 10.1 Å². The fraction of sp³-hybridized carbons (Fsp3) is 0.611. The van der Waals surface area contributed by atoms with Crippen LogP contribution in [-0.4, -0.2) is 42.1 Å². The van der Waals surface area contributed by atoms with Crippen LogP contribution >= 0.6 is 15.9 Å². The van der Waals surface area contributed by atoms with Crippen molar-refractivity contribution in [3.05, 3.63) is 28.2 Å². The first-order valence-electron chi connectivity index (χ1n) is 8.67. The van der Waals surface area contributed by atoms with Crippen LogP contribution in [0.1, 0.15) is 39.2 Å². The van der Waals surface area contributed by atoms with Crippen molar-refractivity contribution in [2.45, 2.75) is 58.2 Å². The van der Waals surface area contributed by atoms with Gasteiger partial charge in [0.2, 0.25) is 0 Å². The highest BCUT2D eigenvalue weighted by atomic mass is 79.9. The molecule has 2 rings (SSSR count). The van der Waals surface area contributed by atoms with Crippen molar-refractivity contribution in [3.8, 4) is 5.75 Å². The van der Waals surface area contributed by atoms with Gasteiger partial charge in [-0.25, -0.2) is 4.79 Å². The van der Waals surface area contributed by atoms with Gasteiger partial charge in [-0.3, -0.25) is 4.90 Å². The highest BCUT2D eigenvalue weighted by Gasteiger charge is 2.31. The number of rotatable bonds is 4. The first-order chi connectivity index (χ1) is 12.4. The molecule has 1 unspecified atom stereocenters. The van der Waals surface area contributed by atoms with E-state index in [0.717, 1.165) is 19.4 Å². The molecule has 1 atom stereocenters. The minimum atomic E-state index is -4.73. The molecular weight excluding hydrogens is 429 g/mol. The summed E-state index contributed by atoms with van der Waals surface area (Å²) in [5.41, 5.74) is 0.130. The van der Waals surface area contributed by atoms with Gasteiger partial charge in [-0.2, -0.15) is 0 Å². The number of nitrogens with zero attached hydrogens (tertiary/aromatic N) is 1. The molecule has 9 heteroatoms. The third kappa shape index (κ3) is 8.38. The lowest BCUT2D eigenvalue weighted by Gasteiger charge is -2.33. The van der Waals surface area contributed by atoms with Crippen LogP contribution in [0.25, 0.3) is 0 Å². The molecule has 0 saturated carbocycles. The number of alkyl carbamates (subject to hydrolysis) is 1. The standard InChI is InChI=1S/C18H24BrF3N2O3/c1-17(2,3)27-16(25)23-14-5-4-6-24(11-14)10-12-7-13(19)9-15(8-12)26-18(20,21)22/h7-9,14H,4-6,10-11H2,1-3H3,(H,23,25). The van der Waals surface area contributed by atoms with Gasteiger partial charge in [-0.15, -0.1) is 13.2 Å². The third-order valence-corrected chi connectivity index (χ3v) is 4.26. The molecular formula is C18H24BrF3N2O3. The van der Waals surface area contributed by atoms with Crippen LogP contribution in [0.4, 0.5) is 18.0 Å². The summed E-state index contributed by atoms with van der Waals surface area (Å²) in [5, 5.41) is 2.86. The van der Waals surface area contributed by atoms with Crippen LogP contribution in [0.15, 0.2) is 22.7 Å². The predicted octanol–water partition coefficient (Wildman–Crippen LogP) is 4.84. The van der Waals surface area contributed by atoms with E-state index in [1.54, 1.807) is 26.8 Å². The Bertz CT molecular complexity index is 662. The lowest BCUT2D eigenvalue weighted by molar-refractivity contribution is -0.274. The van der Waals surface area contributed by atoms with Crippen molar-refractivity contribution in [2.75, 3.05) is 13.1 Å². The van der Waals surface area contributed by atoms with E-state index < -0.39 is 18.1 Å². The maximum Gasteiger partial charge on any atom is 0.573 e. The summed E-state index contributed by atoms with van der Waals surface area (Å²) in [4.78, 5) is 14.0. The first kappa shape index (κ1) is 21.8. The lowest BCUT2D eigenvalue weighted by Crippen LogP contribution is -2.48. The molecule has 1 saturated heterocycles. The highest BCUT2D eigenvalue weighted by Crippen LogP contribution is 2.28. The monoisotopic (exact) mass is 452 g/mol. The van der Waals surface area contributed by atoms with Gasteiger partial charge in [0.15, 0.2) is 0 Å². The van der Waals surface area contributed by atoms with Gasteiger partial charge < -0.3 is 14.8 Å². The molecule has 0 aromatic heterocycles. The van der Waals surface area contributed by atoms with Crippen molar-refractivity contribution < 1.29 is 27.4 Å². The Morgan fingerprint density at radius 2 is 2.00 bits per heavy atom. The molecule has 0 radical (unpaired) electrons. The smallest absolute Gasteiger partial charge is 0.444 e. The Morgan fingerprint density at radius 1 is 1.30 bits per heavy atom. The molecule has 1 N–H and O–H groups in total. The zero-order valence-corrected chi connectivity index (χ0v) is 17.1. The minimum absolute atomic E-state index is 0.0633. The summed E-state index contributed by atoms with van der Waals surface area (Å²) >= 11 is 3.22. The number of likely N-dealkylation sites (tertiary alicyclic amines) is 1. The number of amides is 1.